The molecule has 1 heterocycles. The number of nitrogens with two attached hydrogens (primary N) is 2. The van der Waals surface area contributed by atoms with Crippen LogP contribution in [0.3, 0.4) is 0 Å². The van der Waals surface area contributed by atoms with Crippen molar-refractivity contribution in [3.8, 4) is 0 Å². The number of hydrogen-bond acceptors (Lipinski definition) is 3. The van der Waals surface area contributed by atoms with E-state index in [-0.39, 0.29) is 5.41 Å². The molecule has 0 fully saturated rings. The summed E-state index contributed by atoms with van der Waals surface area (Å²) < 4.78 is 0. The molecule has 0 bridgehead atoms. The maximum Gasteiger partial charge on any atom is 0.0230 e. The Morgan fingerprint density at radius 3 is 2.73 bits per heavy atom. The molecule has 62 valence electrons. The van der Waals surface area contributed by atoms with Crippen LogP contribution in [0.2, 0.25) is 0 Å². The molecule has 0 amide bonds. The summed E-state index contributed by atoms with van der Waals surface area (Å²) in [5.74, 6) is 0. The van der Waals surface area contributed by atoms with Crippen molar-refractivity contribution in [2.75, 3.05) is 13.1 Å². The Balaban J connectivity index is 2.60. The van der Waals surface area contributed by atoms with Gasteiger partial charge in [0.2, 0.25) is 0 Å². The Labute approximate surface area is 67.2 Å². The minimum Gasteiger partial charge on any atom is -0.330 e. The predicted octanol–water partition coefficient (Wildman–Crippen LogP) is 0.269. The van der Waals surface area contributed by atoms with Crippen LogP contribution in [0.5, 0.6) is 0 Å². The van der Waals surface area contributed by atoms with Gasteiger partial charge in [0.1, 0.15) is 0 Å². The highest BCUT2D eigenvalue weighted by atomic mass is 14.7. The van der Waals surface area contributed by atoms with Crippen LogP contribution in [0.1, 0.15) is 12.8 Å². The predicted molar refractivity (Wildman–Crippen MR) is 47.4 cm³/mol. The lowest BCUT2D eigenvalue weighted by atomic mass is 9.81. The normalized spacial score (nSPS) is 29.3. The van der Waals surface area contributed by atoms with E-state index in [4.69, 9.17) is 11.5 Å². The van der Waals surface area contributed by atoms with Gasteiger partial charge in [-0.2, -0.15) is 0 Å². The van der Waals surface area contributed by atoms with Crippen molar-refractivity contribution in [3.63, 3.8) is 0 Å². The van der Waals surface area contributed by atoms with Gasteiger partial charge in [0.05, 0.1) is 0 Å². The van der Waals surface area contributed by atoms with Gasteiger partial charge in [-0.05, 0) is 19.4 Å². The molecule has 0 spiro atoms. The lowest BCUT2D eigenvalue weighted by Gasteiger charge is -2.28. The summed E-state index contributed by atoms with van der Waals surface area (Å²) in [5, 5.41) is 0. The quantitative estimate of drug-likeness (QED) is 0.611. The van der Waals surface area contributed by atoms with Crippen molar-refractivity contribution in [3.05, 3.63) is 12.3 Å². The maximum atomic E-state index is 5.66. The topological polar surface area (TPSA) is 64.4 Å². The molecule has 0 saturated heterocycles. The van der Waals surface area contributed by atoms with Crippen LogP contribution in [0.15, 0.2) is 17.3 Å². The summed E-state index contributed by atoms with van der Waals surface area (Å²) in [4.78, 5) is 4.00. The van der Waals surface area contributed by atoms with Gasteiger partial charge in [-0.25, -0.2) is 0 Å². The summed E-state index contributed by atoms with van der Waals surface area (Å²) in [6.07, 6.45) is 7.66. The summed E-state index contributed by atoms with van der Waals surface area (Å²) >= 11 is 0. The van der Waals surface area contributed by atoms with Crippen LogP contribution in [-0.2, 0) is 0 Å². The molecule has 3 heteroatoms. The average molecular weight is 153 g/mol. The van der Waals surface area contributed by atoms with Crippen LogP contribution >= 0.6 is 0 Å². The summed E-state index contributed by atoms with van der Waals surface area (Å²) in [5.41, 5.74) is 11.2. The van der Waals surface area contributed by atoms with E-state index in [1.807, 2.05) is 12.4 Å². The second-order valence-corrected chi connectivity index (χ2v) is 2.96. The first kappa shape index (κ1) is 8.43. The number of hydrogen-bond donors (Lipinski definition) is 2. The van der Waals surface area contributed by atoms with Crippen molar-refractivity contribution < 1.29 is 0 Å². The highest BCUT2D eigenvalue weighted by molar-refractivity contribution is 5.61. The standard InChI is InChI=1S/C8H15N3/c9-4-1-8(7-10)2-5-11-6-3-8/h2,5-6H,1,3-4,7,9-10H2. The fourth-order valence-corrected chi connectivity index (χ4v) is 1.29. The highest BCUT2D eigenvalue weighted by Gasteiger charge is 2.24. The first-order valence-corrected chi connectivity index (χ1v) is 3.92. The first-order chi connectivity index (χ1) is 5.33. The van der Waals surface area contributed by atoms with Crippen LogP contribution in [-0.4, -0.2) is 19.3 Å². The van der Waals surface area contributed by atoms with Crippen molar-refractivity contribution in [1.82, 2.24) is 0 Å². The van der Waals surface area contributed by atoms with E-state index in [9.17, 15) is 0 Å². The molecule has 0 aromatic heterocycles. The molecule has 0 saturated carbocycles. The third kappa shape index (κ3) is 1.88. The summed E-state index contributed by atoms with van der Waals surface area (Å²) in [6, 6.07) is 0. The zero-order valence-corrected chi connectivity index (χ0v) is 6.66. The van der Waals surface area contributed by atoms with Crippen LogP contribution < -0.4 is 11.5 Å². The largest absolute Gasteiger partial charge is 0.330 e. The molecule has 0 aromatic carbocycles. The van der Waals surface area contributed by atoms with Gasteiger partial charge in [0.15, 0.2) is 0 Å². The average Bonchev–Trinajstić information content (AvgIpc) is 2.07. The fraction of sp³-hybridized carbons (Fsp3) is 0.625. The summed E-state index contributed by atoms with van der Waals surface area (Å²) in [7, 11) is 0. The van der Waals surface area contributed by atoms with Crippen LogP contribution in [0, 0.1) is 5.41 Å². The minimum atomic E-state index is 0.0938. The van der Waals surface area contributed by atoms with Gasteiger partial charge in [0.25, 0.3) is 0 Å². The Morgan fingerprint density at radius 2 is 2.27 bits per heavy atom. The van der Waals surface area contributed by atoms with E-state index in [2.05, 4.69) is 11.1 Å². The Hall–Kier alpha value is -0.670. The molecule has 1 aliphatic rings. The van der Waals surface area contributed by atoms with Crippen molar-refractivity contribution in [2.24, 2.45) is 21.9 Å². The lowest BCUT2D eigenvalue weighted by molar-refractivity contribution is 0.382. The molecule has 1 aliphatic heterocycles. The molecule has 4 N–H and O–H groups in total. The number of rotatable bonds is 3. The number of aliphatic imine (C=N–C) groups is 1. The van der Waals surface area contributed by atoms with E-state index in [0.717, 1.165) is 12.8 Å². The van der Waals surface area contributed by atoms with Crippen LogP contribution in [0.4, 0.5) is 0 Å². The van der Waals surface area contributed by atoms with Crippen molar-refractivity contribution in [1.29, 1.82) is 0 Å². The Morgan fingerprint density at radius 1 is 1.45 bits per heavy atom. The maximum absolute atomic E-state index is 5.66. The fourth-order valence-electron chi connectivity index (χ4n) is 1.29. The molecule has 0 aliphatic carbocycles. The number of nitrogens with zero attached hydrogens (tertiary/aromatic N) is 1. The van der Waals surface area contributed by atoms with Gasteiger partial charge >= 0.3 is 0 Å². The van der Waals surface area contributed by atoms with Crippen LogP contribution in [0.25, 0.3) is 0 Å². The lowest BCUT2D eigenvalue weighted by Crippen LogP contribution is -2.32. The second-order valence-electron chi connectivity index (χ2n) is 2.96. The molecule has 0 aromatic rings. The van der Waals surface area contributed by atoms with E-state index in [0.29, 0.717) is 13.1 Å². The molecule has 1 unspecified atom stereocenters. The molecule has 1 atom stereocenters. The molecule has 1 rings (SSSR count). The zero-order valence-electron chi connectivity index (χ0n) is 6.66. The minimum absolute atomic E-state index is 0.0938. The molecular weight excluding hydrogens is 138 g/mol. The first-order valence-electron chi connectivity index (χ1n) is 3.92. The third-order valence-corrected chi connectivity index (χ3v) is 2.17. The smallest absolute Gasteiger partial charge is 0.0230 e. The molecule has 3 nitrogen and oxygen atoms in total. The van der Waals surface area contributed by atoms with Gasteiger partial charge in [-0.15, -0.1) is 0 Å². The Kier molecular flexibility index (Phi) is 2.79. The monoisotopic (exact) mass is 153 g/mol. The van der Waals surface area contributed by atoms with Gasteiger partial charge in [-0.3, -0.25) is 4.99 Å². The van der Waals surface area contributed by atoms with Crippen molar-refractivity contribution in [2.45, 2.75) is 12.8 Å². The van der Waals surface area contributed by atoms with E-state index < -0.39 is 0 Å². The molecule has 0 radical (unpaired) electrons. The van der Waals surface area contributed by atoms with Crippen molar-refractivity contribution >= 4 is 6.21 Å². The zero-order chi connectivity index (χ0) is 8.16. The molecular formula is C8H15N3. The van der Waals surface area contributed by atoms with E-state index in [1.54, 1.807) is 0 Å². The highest BCUT2D eigenvalue weighted by Crippen LogP contribution is 2.27. The third-order valence-electron chi connectivity index (χ3n) is 2.17. The summed E-state index contributed by atoms with van der Waals surface area (Å²) in [6.45, 7) is 1.35. The second kappa shape index (κ2) is 3.64. The van der Waals surface area contributed by atoms with E-state index >= 15 is 0 Å². The van der Waals surface area contributed by atoms with Gasteiger partial charge in [-0.1, -0.05) is 6.08 Å². The van der Waals surface area contributed by atoms with E-state index in [1.165, 1.54) is 0 Å². The SMILES string of the molecule is NCCC1(CN)C=CN=CC1. The molecule has 11 heavy (non-hydrogen) atoms. The van der Waals surface area contributed by atoms with Gasteiger partial charge in [0, 0.05) is 24.4 Å². The van der Waals surface area contributed by atoms with Gasteiger partial charge < -0.3 is 11.5 Å². The Bertz CT molecular complexity index is 174.